The van der Waals surface area contributed by atoms with Crippen molar-refractivity contribution in [1.29, 1.82) is 0 Å². The van der Waals surface area contributed by atoms with Crippen molar-refractivity contribution in [2.75, 3.05) is 6.54 Å². The molecule has 0 aliphatic heterocycles. The molecule has 7 nitrogen and oxygen atoms in total. The van der Waals surface area contributed by atoms with E-state index in [-0.39, 0.29) is 11.5 Å². The molecule has 0 spiro atoms. The molecule has 0 radical (unpaired) electrons. The van der Waals surface area contributed by atoms with E-state index in [0.29, 0.717) is 25.2 Å². The molecule has 0 saturated heterocycles. The first kappa shape index (κ1) is 14.0. The molecule has 0 unspecified atom stereocenters. The monoisotopic (exact) mass is 252 g/mol. The van der Waals surface area contributed by atoms with Crippen LogP contribution in [0.4, 0.5) is 0 Å². The van der Waals surface area contributed by atoms with E-state index in [0.717, 1.165) is 12.8 Å². The van der Waals surface area contributed by atoms with Crippen molar-refractivity contribution in [1.82, 2.24) is 15.3 Å². The predicted octanol–water partition coefficient (Wildman–Crippen LogP) is -0.0800. The van der Waals surface area contributed by atoms with E-state index in [1.807, 2.05) is 0 Å². The minimum absolute atomic E-state index is 0.0992. The summed E-state index contributed by atoms with van der Waals surface area (Å²) in [6.07, 6.45) is 4.49. The van der Waals surface area contributed by atoms with Crippen molar-refractivity contribution in [2.45, 2.75) is 25.8 Å². The van der Waals surface area contributed by atoms with Crippen molar-refractivity contribution in [3.05, 3.63) is 23.8 Å². The number of carboxylic acids is 1. The van der Waals surface area contributed by atoms with Crippen LogP contribution in [0.15, 0.2) is 12.5 Å². The van der Waals surface area contributed by atoms with Crippen molar-refractivity contribution < 1.29 is 14.7 Å². The molecule has 0 fully saturated rings. The Hall–Kier alpha value is -2.02. The highest BCUT2D eigenvalue weighted by Crippen LogP contribution is 2.03. The van der Waals surface area contributed by atoms with Gasteiger partial charge >= 0.3 is 5.97 Å². The third-order valence-electron chi connectivity index (χ3n) is 2.34. The summed E-state index contributed by atoms with van der Waals surface area (Å²) in [4.78, 5) is 29.0. The van der Waals surface area contributed by atoms with Crippen molar-refractivity contribution in [2.24, 2.45) is 5.73 Å². The lowest BCUT2D eigenvalue weighted by atomic mass is 10.2. The SMILES string of the molecule is NC(=O)CCCCNCc1ncncc1C(=O)O. The summed E-state index contributed by atoms with van der Waals surface area (Å²) in [6, 6.07) is 0. The molecule has 0 bridgehead atoms. The third-order valence-corrected chi connectivity index (χ3v) is 2.34. The van der Waals surface area contributed by atoms with E-state index in [9.17, 15) is 9.59 Å². The Balaban J connectivity index is 2.31. The summed E-state index contributed by atoms with van der Waals surface area (Å²) in [5, 5.41) is 12.0. The van der Waals surface area contributed by atoms with Gasteiger partial charge in [-0.05, 0) is 19.4 Å². The number of unbranched alkanes of at least 4 members (excludes halogenated alkanes) is 1. The van der Waals surface area contributed by atoms with Gasteiger partial charge in [0.25, 0.3) is 0 Å². The highest BCUT2D eigenvalue weighted by molar-refractivity contribution is 5.88. The van der Waals surface area contributed by atoms with E-state index in [1.165, 1.54) is 12.5 Å². The van der Waals surface area contributed by atoms with Gasteiger partial charge in [-0.2, -0.15) is 0 Å². The number of primary amides is 1. The van der Waals surface area contributed by atoms with E-state index in [2.05, 4.69) is 15.3 Å². The van der Waals surface area contributed by atoms with Crippen LogP contribution in [-0.2, 0) is 11.3 Å². The lowest BCUT2D eigenvalue weighted by molar-refractivity contribution is -0.118. The second-order valence-corrected chi connectivity index (χ2v) is 3.79. The number of carbonyl (C=O) groups excluding carboxylic acids is 1. The minimum atomic E-state index is -1.04. The predicted molar refractivity (Wildman–Crippen MR) is 63.7 cm³/mol. The molecule has 4 N–H and O–H groups in total. The van der Waals surface area contributed by atoms with Crippen LogP contribution in [0.1, 0.15) is 35.3 Å². The fourth-order valence-electron chi connectivity index (χ4n) is 1.43. The van der Waals surface area contributed by atoms with Gasteiger partial charge in [0.05, 0.1) is 5.69 Å². The number of carboxylic acid groups (broad SMARTS) is 1. The summed E-state index contributed by atoms with van der Waals surface area (Å²) in [7, 11) is 0. The summed E-state index contributed by atoms with van der Waals surface area (Å²) < 4.78 is 0. The first-order valence-corrected chi connectivity index (χ1v) is 5.62. The topological polar surface area (TPSA) is 118 Å². The standard InChI is InChI=1S/C11H16N4O3/c12-10(16)3-1-2-4-13-6-9-8(11(17)18)5-14-7-15-9/h5,7,13H,1-4,6H2,(H2,12,16)(H,17,18). The van der Waals surface area contributed by atoms with Crippen LogP contribution < -0.4 is 11.1 Å². The van der Waals surface area contributed by atoms with Crippen molar-refractivity contribution in [3.63, 3.8) is 0 Å². The number of carbonyl (C=O) groups is 2. The van der Waals surface area contributed by atoms with Crippen LogP contribution >= 0.6 is 0 Å². The normalized spacial score (nSPS) is 10.2. The van der Waals surface area contributed by atoms with Crippen LogP contribution in [0, 0.1) is 0 Å². The number of hydrogen-bond acceptors (Lipinski definition) is 5. The Morgan fingerprint density at radius 3 is 2.83 bits per heavy atom. The molecule has 0 atom stereocenters. The Morgan fingerprint density at radius 2 is 2.17 bits per heavy atom. The van der Waals surface area contributed by atoms with Gasteiger partial charge in [0, 0.05) is 19.2 Å². The average molecular weight is 252 g/mol. The van der Waals surface area contributed by atoms with Crippen LogP contribution in [0.5, 0.6) is 0 Å². The molecular weight excluding hydrogens is 236 g/mol. The number of nitrogens with two attached hydrogens (primary N) is 1. The number of aromatic nitrogens is 2. The Morgan fingerprint density at radius 1 is 1.39 bits per heavy atom. The fourth-order valence-corrected chi connectivity index (χ4v) is 1.43. The molecule has 1 aromatic heterocycles. The first-order valence-electron chi connectivity index (χ1n) is 5.62. The lowest BCUT2D eigenvalue weighted by Gasteiger charge is -2.05. The number of rotatable bonds is 8. The largest absolute Gasteiger partial charge is 0.478 e. The molecule has 7 heteroatoms. The first-order chi connectivity index (χ1) is 8.61. The summed E-state index contributed by atoms with van der Waals surface area (Å²) in [5.74, 6) is -1.35. The van der Waals surface area contributed by atoms with Gasteiger partial charge in [-0.25, -0.2) is 14.8 Å². The quantitative estimate of drug-likeness (QED) is 0.557. The second kappa shape index (κ2) is 7.33. The van der Waals surface area contributed by atoms with Crippen LogP contribution in [0.3, 0.4) is 0 Å². The number of nitrogens with zero attached hydrogens (tertiary/aromatic N) is 2. The molecular formula is C11H16N4O3. The van der Waals surface area contributed by atoms with Crippen LogP contribution in [0.2, 0.25) is 0 Å². The maximum Gasteiger partial charge on any atom is 0.339 e. The van der Waals surface area contributed by atoms with Crippen molar-refractivity contribution in [3.8, 4) is 0 Å². The zero-order chi connectivity index (χ0) is 13.4. The smallest absolute Gasteiger partial charge is 0.339 e. The molecule has 98 valence electrons. The molecule has 0 saturated carbocycles. The van der Waals surface area contributed by atoms with Gasteiger partial charge in [-0.15, -0.1) is 0 Å². The fraction of sp³-hybridized carbons (Fsp3) is 0.455. The van der Waals surface area contributed by atoms with Crippen molar-refractivity contribution >= 4 is 11.9 Å². The molecule has 1 amide bonds. The maximum absolute atomic E-state index is 10.9. The average Bonchev–Trinajstić information content (AvgIpc) is 2.33. The maximum atomic E-state index is 10.9. The molecule has 1 rings (SSSR count). The van der Waals surface area contributed by atoms with Gasteiger partial charge in [0.1, 0.15) is 11.9 Å². The third kappa shape index (κ3) is 4.88. The van der Waals surface area contributed by atoms with E-state index in [1.54, 1.807) is 0 Å². The van der Waals surface area contributed by atoms with Gasteiger partial charge in [-0.1, -0.05) is 0 Å². The van der Waals surface area contributed by atoms with Crippen LogP contribution in [-0.4, -0.2) is 33.5 Å². The molecule has 0 aromatic carbocycles. The Kier molecular flexibility index (Phi) is 5.72. The van der Waals surface area contributed by atoms with Crippen LogP contribution in [0.25, 0.3) is 0 Å². The highest BCUT2D eigenvalue weighted by Gasteiger charge is 2.10. The molecule has 18 heavy (non-hydrogen) atoms. The molecule has 0 aliphatic carbocycles. The zero-order valence-corrected chi connectivity index (χ0v) is 9.93. The highest BCUT2D eigenvalue weighted by atomic mass is 16.4. The van der Waals surface area contributed by atoms with E-state index < -0.39 is 5.97 Å². The molecule has 1 heterocycles. The number of nitrogens with one attached hydrogen (secondary N) is 1. The minimum Gasteiger partial charge on any atom is -0.478 e. The van der Waals surface area contributed by atoms with Gasteiger partial charge in [0.15, 0.2) is 0 Å². The Labute approximate surface area is 104 Å². The van der Waals surface area contributed by atoms with E-state index >= 15 is 0 Å². The van der Waals surface area contributed by atoms with Gasteiger partial charge < -0.3 is 16.2 Å². The lowest BCUT2D eigenvalue weighted by Crippen LogP contribution is -2.19. The molecule has 0 aliphatic rings. The molecule has 1 aromatic rings. The number of aromatic carboxylic acids is 1. The number of amides is 1. The summed E-state index contributed by atoms with van der Waals surface area (Å²) in [5.41, 5.74) is 5.56. The van der Waals surface area contributed by atoms with E-state index in [4.69, 9.17) is 10.8 Å². The second-order valence-electron chi connectivity index (χ2n) is 3.79. The van der Waals surface area contributed by atoms with Gasteiger partial charge in [-0.3, -0.25) is 4.79 Å². The number of hydrogen-bond donors (Lipinski definition) is 3. The Bertz CT molecular complexity index is 423. The van der Waals surface area contributed by atoms with Gasteiger partial charge in [0.2, 0.25) is 5.91 Å². The summed E-state index contributed by atoms with van der Waals surface area (Å²) in [6.45, 7) is 1.04. The summed E-state index contributed by atoms with van der Waals surface area (Å²) >= 11 is 0. The zero-order valence-electron chi connectivity index (χ0n) is 9.93.